The molecule has 0 radical (unpaired) electrons. The third-order valence-electron chi connectivity index (χ3n) is 5.24. The van der Waals surface area contributed by atoms with Gasteiger partial charge in [0.1, 0.15) is 0 Å². The van der Waals surface area contributed by atoms with E-state index in [1.807, 2.05) is 38.4 Å². The van der Waals surface area contributed by atoms with Gasteiger partial charge in [0, 0.05) is 19.1 Å². The Morgan fingerprint density at radius 3 is 2.41 bits per heavy atom. The zero-order valence-corrected chi connectivity index (χ0v) is 17.6. The molecule has 1 atom stereocenters. The molecule has 1 heterocycles. The predicted molar refractivity (Wildman–Crippen MR) is 111 cm³/mol. The zero-order valence-electron chi connectivity index (χ0n) is 16.8. The number of carboxylic acid groups (broad SMARTS) is 1. The SMILES string of the molecule is C[C@H](c1cccc(-c2cc(C(=O)O)cc(S(=O)(=O)N3CCOCC3)c2)c1)N(C)C. The van der Waals surface area contributed by atoms with Gasteiger partial charge >= 0.3 is 5.97 Å². The Balaban J connectivity index is 2.09. The summed E-state index contributed by atoms with van der Waals surface area (Å²) in [7, 11) is 0.156. The van der Waals surface area contributed by atoms with Crippen molar-refractivity contribution in [3.05, 3.63) is 53.6 Å². The maximum absolute atomic E-state index is 13.1. The molecule has 0 spiro atoms. The molecule has 7 nitrogen and oxygen atoms in total. The van der Waals surface area contributed by atoms with E-state index >= 15 is 0 Å². The fourth-order valence-corrected chi connectivity index (χ4v) is 4.73. The molecular formula is C21H26N2O5S. The Morgan fingerprint density at radius 1 is 1.10 bits per heavy atom. The normalized spacial score (nSPS) is 16.7. The van der Waals surface area contributed by atoms with Gasteiger partial charge in [-0.2, -0.15) is 4.31 Å². The molecule has 0 bridgehead atoms. The van der Waals surface area contributed by atoms with Crippen molar-refractivity contribution in [2.75, 3.05) is 40.4 Å². The Labute approximate surface area is 171 Å². The molecule has 2 aromatic rings. The van der Waals surface area contributed by atoms with Gasteiger partial charge in [0.25, 0.3) is 0 Å². The number of carboxylic acids is 1. The Bertz CT molecular complexity index is 998. The number of morpholine rings is 1. The molecule has 1 aliphatic rings. The summed E-state index contributed by atoms with van der Waals surface area (Å²) >= 11 is 0. The van der Waals surface area contributed by atoms with Crippen LogP contribution in [0.5, 0.6) is 0 Å². The van der Waals surface area contributed by atoms with Crippen LogP contribution in [0.1, 0.15) is 28.9 Å². The lowest BCUT2D eigenvalue weighted by Crippen LogP contribution is -2.40. The molecule has 8 heteroatoms. The van der Waals surface area contributed by atoms with Crippen LogP contribution >= 0.6 is 0 Å². The molecule has 0 aliphatic carbocycles. The third-order valence-corrected chi connectivity index (χ3v) is 7.11. The lowest BCUT2D eigenvalue weighted by Gasteiger charge is -2.26. The maximum atomic E-state index is 13.1. The van der Waals surface area contributed by atoms with Crippen molar-refractivity contribution in [3.8, 4) is 11.1 Å². The van der Waals surface area contributed by atoms with Crippen LogP contribution in [0, 0.1) is 0 Å². The molecule has 2 aromatic carbocycles. The molecule has 3 rings (SSSR count). The Kier molecular flexibility index (Phi) is 6.38. The second-order valence-electron chi connectivity index (χ2n) is 7.33. The highest BCUT2D eigenvalue weighted by Gasteiger charge is 2.28. The van der Waals surface area contributed by atoms with Crippen molar-refractivity contribution in [2.45, 2.75) is 17.9 Å². The van der Waals surface area contributed by atoms with E-state index in [2.05, 4.69) is 11.8 Å². The maximum Gasteiger partial charge on any atom is 0.335 e. The minimum Gasteiger partial charge on any atom is -0.478 e. The van der Waals surface area contributed by atoms with Crippen LogP contribution in [0.15, 0.2) is 47.4 Å². The van der Waals surface area contributed by atoms with Crippen LogP contribution in [0.4, 0.5) is 0 Å². The fraction of sp³-hybridized carbons (Fsp3) is 0.381. The highest BCUT2D eigenvalue weighted by Crippen LogP contribution is 2.29. The highest BCUT2D eigenvalue weighted by molar-refractivity contribution is 7.89. The minimum atomic E-state index is -3.81. The second kappa shape index (κ2) is 8.62. The van der Waals surface area contributed by atoms with Gasteiger partial charge in [-0.25, -0.2) is 13.2 Å². The summed E-state index contributed by atoms with van der Waals surface area (Å²) in [5.74, 6) is -1.16. The minimum absolute atomic E-state index is 0.0136. The summed E-state index contributed by atoms with van der Waals surface area (Å²) in [6, 6.07) is 12.2. The van der Waals surface area contributed by atoms with Crippen LogP contribution < -0.4 is 0 Å². The van der Waals surface area contributed by atoms with Gasteiger partial charge in [0.2, 0.25) is 10.0 Å². The Morgan fingerprint density at radius 2 is 1.79 bits per heavy atom. The van der Waals surface area contributed by atoms with Crippen molar-refractivity contribution < 1.29 is 23.1 Å². The van der Waals surface area contributed by atoms with Gasteiger partial charge in [-0.1, -0.05) is 18.2 Å². The fourth-order valence-electron chi connectivity index (χ4n) is 3.25. The molecule has 156 valence electrons. The molecule has 0 unspecified atom stereocenters. The quantitative estimate of drug-likeness (QED) is 0.776. The van der Waals surface area contributed by atoms with Crippen LogP contribution in [0.25, 0.3) is 11.1 Å². The molecule has 1 saturated heterocycles. The number of nitrogens with zero attached hydrogens (tertiary/aromatic N) is 2. The van der Waals surface area contributed by atoms with Crippen molar-refractivity contribution in [2.24, 2.45) is 0 Å². The van der Waals surface area contributed by atoms with E-state index in [-0.39, 0.29) is 29.6 Å². The Hall–Kier alpha value is -2.26. The third kappa shape index (κ3) is 4.67. The van der Waals surface area contributed by atoms with Crippen LogP contribution in [0.3, 0.4) is 0 Å². The summed E-state index contributed by atoms with van der Waals surface area (Å²) in [5, 5.41) is 9.54. The van der Waals surface area contributed by atoms with Crippen molar-refractivity contribution in [3.63, 3.8) is 0 Å². The first-order chi connectivity index (χ1) is 13.7. The molecule has 0 amide bonds. The van der Waals surface area contributed by atoms with Crippen molar-refractivity contribution in [1.29, 1.82) is 0 Å². The average Bonchev–Trinajstić information content (AvgIpc) is 2.73. The van der Waals surface area contributed by atoms with E-state index in [1.165, 1.54) is 16.4 Å². The topological polar surface area (TPSA) is 87.1 Å². The van der Waals surface area contributed by atoms with Gasteiger partial charge in [-0.15, -0.1) is 0 Å². The molecule has 0 saturated carbocycles. The smallest absolute Gasteiger partial charge is 0.335 e. The summed E-state index contributed by atoms with van der Waals surface area (Å²) < 4.78 is 32.7. The number of ether oxygens (including phenoxy) is 1. The van der Waals surface area contributed by atoms with Crippen LogP contribution in [-0.4, -0.2) is 69.1 Å². The van der Waals surface area contributed by atoms with E-state index in [9.17, 15) is 18.3 Å². The first kappa shape index (κ1) is 21.4. The molecule has 29 heavy (non-hydrogen) atoms. The van der Waals surface area contributed by atoms with Gasteiger partial charge in [-0.3, -0.25) is 0 Å². The van der Waals surface area contributed by atoms with Gasteiger partial charge in [0.15, 0.2) is 0 Å². The monoisotopic (exact) mass is 418 g/mol. The lowest BCUT2D eigenvalue weighted by atomic mass is 9.98. The number of hydrogen-bond donors (Lipinski definition) is 1. The number of benzene rings is 2. The summed E-state index contributed by atoms with van der Waals surface area (Å²) in [5.41, 5.74) is 2.34. The molecule has 1 fully saturated rings. The predicted octanol–water partition coefficient (Wildman–Crippen LogP) is 2.70. The van der Waals surface area contributed by atoms with Crippen LogP contribution in [0.2, 0.25) is 0 Å². The first-order valence-electron chi connectivity index (χ1n) is 9.43. The average molecular weight is 419 g/mol. The summed E-state index contributed by atoms with van der Waals surface area (Å²) in [6.07, 6.45) is 0. The first-order valence-corrected chi connectivity index (χ1v) is 10.9. The van der Waals surface area contributed by atoms with E-state index in [4.69, 9.17) is 4.74 Å². The van der Waals surface area contributed by atoms with Crippen molar-refractivity contribution in [1.82, 2.24) is 9.21 Å². The number of sulfonamides is 1. The zero-order chi connectivity index (χ0) is 21.2. The van der Waals surface area contributed by atoms with E-state index < -0.39 is 16.0 Å². The molecule has 1 N–H and O–H groups in total. The lowest BCUT2D eigenvalue weighted by molar-refractivity contribution is 0.0696. The second-order valence-corrected chi connectivity index (χ2v) is 9.27. The van der Waals surface area contributed by atoms with Gasteiger partial charge < -0.3 is 14.7 Å². The van der Waals surface area contributed by atoms with E-state index in [0.29, 0.717) is 18.8 Å². The van der Waals surface area contributed by atoms with Crippen molar-refractivity contribution >= 4 is 16.0 Å². The number of hydrogen-bond acceptors (Lipinski definition) is 5. The van der Waals surface area contributed by atoms with Gasteiger partial charge in [-0.05, 0) is 62.0 Å². The van der Waals surface area contributed by atoms with Crippen LogP contribution in [-0.2, 0) is 14.8 Å². The van der Waals surface area contributed by atoms with Gasteiger partial charge in [0.05, 0.1) is 23.7 Å². The van der Waals surface area contributed by atoms with E-state index in [1.54, 1.807) is 6.07 Å². The number of carbonyl (C=O) groups is 1. The molecule has 1 aliphatic heterocycles. The molecular weight excluding hydrogens is 392 g/mol. The highest BCUT2D eigenvalue weighted by atomic mass is 32.2. The number of aromatic carboxylic acids is 1. The summed E-state index contributed by atoms with van der Waals surface area (Å²) in [6.45, 7) is 3.24. The molecule has 0 aromatic heterocycles. The summed E-state index contributed by atoms with van der Waals surface area (Å²) in [4.78, 5) is 13.7. The largest absolute Gasteiger partial charge is 0.478 e. The van der Waals surface area contributed by atoms with E-state index in [0.717, 1.165) is 11.1 Å². The standard InChI is InChI=1S/C21H26N2O5S/c1-15(22(2)3)16-5-4-6-17(11-16)18-12-19(21(24)25)14-20(13-18)29(26,27)23-7-9-28-10-8-23/h4-6,11-15H,7-10H2,1-3H3,(H,24,25)/t15-/m1/s1. The number of rotatable bonds is 6.